The summed E-state index contributed by atoms with van der Waals surface area (Å²) in [6.45, 7) is 6.73. The molecule has 8 aromatic rings. The van der Waals surface area contributed by atoms with E-state index in [-0.39, 0.29) is 76.3 Å². The van der Waals surface area contributed by atoms with Crippen LogP contribution < -0.4 is 30.0 Å². The minimum atomic E-state index is -4.79. The number of fused-ring (bicyclic) bond motifs is 5. The molecule has 2 aliphatic heterocycles. The average Bonchev–Trinajstić information content (AvgIpc) is 4.11. The molecule has 1 radical (unpaired) electrons. The topological polar surface area (TPSA) is 95.6 Å². The maximum Gasteiger partial charge on any atom is 0.431 e. The second-order valence-corrected chi connectivity index (χ2v) is 17.0. The monoisotopic (exact) mass is 1240 g/mol. The van der Waals surface area contributed by atoms with Crippen LogP contribution in [0.2, 0.25) is 0 Å². The van der Waals surface area contributed by atoms with Gasteiger partial charge in [0.1, 0.15) is 23.1 Å². The van der Waals surface area contributed by atoms with Gasteiger partial charge in [-0.2, -0.15) is 103 Å². The van der Waals surface area contributed by atoms with Crippen LogP contribution in [0.3, 0.4) is 0 Å². The predicted octanol–water partition coefficient (Wildman–Crippen LogP) is 13.4. The SMILES string of the molecule is CN(C)c1cc(-c2cc(C(F)(F)F)n[n-]2)nc(-n2c3[c-]cc(C(F)(F)F)cc3c3cc(C(F)(F)F)ccc32)c1.Cc1cc(C)c(N2[CH-]N(C)c3cc(C(F)(F)F)cnc32)[c-]c1N1[CH-]Nc2cc(C(F)(F)F)cnc21.[Ir]. The van der Waals surface area contributed by atoms with E-state index in [1.54, 1.807) is 42.5 Å². The van der Waals surface area contributed by atoms with E-state index in [0.717, 1.165) is 59.9 Å². The number of halogens is 15. The Morgan fingerprint density at radius 2 is 1.25 bits per heavy atom. The summed E-state index contributed by atoms with van der Waals surface area (Å²) < 4.78 is 200. The zero-order valence-electron chi connectivity index (χ0n) is 38.6. The molecule has 3 aromatic carbocycles. The molecule has 0 fully saturated rings. The summed E-state index contributed by atoms with van der Waals surface area (Å²) in [5, 5.41) is 9.19. The van der Waals surface area contributed by atoms with Crippen molar-refractivity contribution in [3.8, 4) is 17.2 Å². The standard InChI is InChI=1S/C25H14F9N5.C23H17F6N6.Ir/c1-38(2)14-9-17(18-11-21(37-36-18)25(32,33)34)35-22(10-14)39-19-5-3-12(23(26,27)28)7-15(19)16-8-13(24(29,30)31)4-6-20(16)39;1-12-4-13(2)18(35-11-33(3)19-6-15(23(27,28)29)9-31-21(19)35)7-17(12)34-10-32-16-5-14(22(24,25)26)8-30-20(16)34;/h3-5,7-11H,1-2H3;4-6,8-11,32H,1-3H3;/q-2;-3;. The Bertz CT molecular complexity index is 3410. The van der Waals surface area contributed by atoms with E-state index >= 15 is 0 Å². The van der Waals surface area contributed by atoms with Crippen molar-refractivity contribution in [2.24, 2.45) is 0 Å². The maximum atomic E-state index is 13.5. The maximum absolute atomic E-state index is 13.5. The molecule has 0 bridgehead atoms. The predicted molar refractivity (Wildman–Crippen MR) is 241 cm³/mol. The first-order valence-corrected chi connectivity index (χ1v) is 21.2. The number of alkyl halides is 15. The van der Waals surface area contributed by atoms with Crippen LogP contribution in [0.5, 0.6) is 0 Å². The van der Waals surface area contributed by atoms with Crippen molar-refractivity contribution in [2.45, 2.75) is 44.7 Å². The number of anilines is 7. The Kier molecular flexibility index (Phi) is 13.6. The second kappa shape index (κ2) is 18.8. The van der Waals surface area contributed by atoms with Crippen molar-refractivity contribution in [3.63, 3.8) is 0 Å². The van der Waals surface area contributed by atoms with E-state index in [1.807, 2.05) is 19.9 Å². The molecule has 7 heterocycles. The Balaban J connectivity index is 0.000000198. The van der Waals surface area contributed by atoms with Gasteiger partial charge in [-0.3, -0.25) is 0 Å². The largest absolute Gasteiger partial charge is 0.573 e. The quantitative estimate of drug-likeness (QED) is 0.133. The summed E-state index contributed by atoms with van der Waals surface area (Å²) >= 11 is 0. The van der Waals surface area contributed by atoms with Crippen LogP contribution in [-0.4, -0.2) is 45.8 Å². The van der Waals surface area contributed by atoms with E-state index in [9.17, 15) is 65.9 Å². The Morgan fingerprint density at radius 1 is 0.653 bits per heavy atom. The fraction of sp³-hybridized carbons (Fsp3) is 0.208. The number of benzene rings is 3. The van der Waals surface area contributed by atoms with E-state index in [4.69, 9.17) is 0 Å². The van der Waals surface area contributed by atoms with E-state index in [0.29, 0.717) is 35.0 Å². The van der Waals surface area contributed by atoms with Gasteiger partial charge in [0.25, 0.3) is 0 Å². The summed E-state index contributed by atoms with van der Waals surface area (Å²) in [5.41, 5.74) is -1.92. The van der Waals surface area contributed by atoms with Crippen LogP contribution in [-0.2, 0) is 51.0 Å². The molecule has 0 aliphatic carbocycles. The molecule has 0 amide bonds. The van der Waals surface area contributed by atoms with Gasteiger partial charge in [-0.15, -0.1) is 22.6 Å². The number of nitrogens with zero attached hydrogens (tertiary/aromatic N) is 10. The molecule has 1 N–H and O–H groups in total. The molecule has 75 heavy (non-hydrogen) atoms. The normalized spacial score (nSPS) is 13.9. The molecule has 2 aliphatic rings. The molecule has 0 atom stereocenters. The van der Waals surface area contributed by atoms with Gasteiger partial charge in [-0.1, -0.05) is 48.1 Å². The van der Waals surface area contributed by atoms with Crippen molar-refractivity contribution in [1.29, 1.82) is 0 Å². The third-order valence-corrected chi connectivity index (χ3v) is 11.7. The fourth-order valence-electron chi connectivity index (χ4n) is 8.14. The Hall–Kier alpha value is -7.28. The minimum absolute atomic E-state index is 0. The van der Waals surface area contributed by atoms with Gasteiger partial charge in [0.05, 0.1) is 28.1 Å². The number of nitrogens with one attached hydrogen (secondary N) is 1. The third-order valence-electron chi connectivity index (χ3n) is 11.7. The van der Waals surface area contributed by atoms with Crippen LogP contribution in [0.4, 0.5) is 106 Å². The van der Waals surface area contributed by atoms with Crippen LogP contribution in [0.15, 0.2) is 79.1 Å². The second-order valence-electron chi connectivity index (χ2n) is 17.0. The van der Waals surface area contributed by atoms with Crippen molar-refractivity contribution < 1.29 is 86.0 Å². The van der Waals surface area contributed by atoms with Crippen LogP contribution in [0.25, 0.3) is 39.0 Å². The molecule has 5 aromatic heterocycles. The molecule has 11 nitrogen and oxygen atoms in total. The molecule has 0 unspecified atom stereocenters. The molecular formula is C48H31F15IrN11-5. The van der Waals surface area contributed by atoms with E-state index < -0.39 is 58.8 Å². The molecule has 0 saturated heterocycles. The number of pyridine rings is 3. The van der Waals surface area contributed by atoms with Crippen LogP contribution >= 0.6 is 0 Å². The zero-order chi connectivity index (χ0) is 53.8. The molecule has 397 valence electrons. The van der Waals surface area contributed by atoms with Gasteiger partial charge in [-0.05, 0) is 48.8 Å². The van der Waals surface area contributed by atoms with Crippen molar-refractivity contribution in [2.75, 3.05) is 46.1 Å². The van der Waals surface area contributed by atoms with Crippen molar-refractivity contribution in [3.05, 3.63) is 144 Å². The third kappa shape index (κ3) is 10.3. The minimum Gasteiger partial charge on any atom is -0.573 e. The smallest absolute Gasteiger partial charge is 0.431 e. The zero-order valence-corrected chi connectivity index (χ0v) is 41.0. The van der Waals surface area contributed by atoms with Crippen LogP contribution in [0, 0.1) is 39.3 Å². The molecule has 0 saturated carbocycles. The fourth-order valence-corrected chi connectivity index (χ4v) is 8.14. The van der Waals surface area contributed by atoms with Gasteiger partial charge in [-0.25, -0.2) is 15.0 Å². The first kappa shape index (κ1) is 54.0. The van der Waals surface area contributed by atoms with Gasteiger partial charge in [0.2, 0.25) is 0 Å². The van der Waals surface area contributed by atoms with Gasteiger partial charge < -0.3 is 39.7 Å². The van der Waals surface area contributed by atoms with Crippen molar-refractivity contribution >= 4 is 61.9 Å². The summed E-state index contributed by atoms with van der Waals surface area (Å²) in [5.74, 6) is 0.568. The van der Waals surface area contributed by atoms with Gasteiger partial charge in [0, 0.05) is 69.6 Å². The first-order chi connectivity index (χ1) is 34.4. The Morgan fingerprint density at radius 3 is 1.85 bits per heavy atom. The number of aryl methyl sites for hydroxylation is 2. The Labute approximate surface area is 427 Å². The van der Waals surface area contributed by atoms with E-state index in [2.05, 4.69) is 42.6 Å². The molecule has 27 heteroatoms. The number of hydrogen-bond donors (Lipinski definition) is 1. The van der Waals surface area contributed by atoms with Gasteiger partial charge in [0.15, 0.2) is 0 Å². The summed E-state index contributed by atoms with van der Waals surface area (Å²) in [6, 6.07) is 17.2. The summed E-state index contributed by atoms with van der Waals surface area (Å²) in [6.07, 6.45) is -21.8. The molecule has 10 rings (SSSR count). The average molecular weight is 1240 g/mol. The van der Waals surface area contributed by atoms with Crippen LogP contribution in [0.1, 0.15) is 39.1 Å². The number of aromatic nitrogens is 6. The number of hydrogen-bond acceptors (Lipinski definition) is 9. The summed E-state index contributed by atoms with van der Waals surface area (Å²) in [4.78, 5) is 18.7. The summed E-state index contributed by atoms with van der Waals surface area (Å²) in [7, 11) is 4.87. The molecular weight excluding hydrogens is 1210 g/mol. The number of rotatable bonds is 5. The van der Waals surface area contributed by atoms with Crippen molar-refractivity contribution in [1.82, 2.24) is 29.7 Å². The van der Waals surface area contributed by atoms with E-state index in [1.165, 1.54) is 28.3 Å². The molecule has 0 spiro atoms. The van der Waals surface area contributed by atoms with Gasteiger partial charge >= 0.3 is 30.9 Å². The first-order valence-electron chi connectivity index (χ1n) is 21.2.